The lowest BCUT2D eigenvalue weighted by atomic mass is 10.1. The van der Waals surface area contributed by atoms with E-state index in [0.717, 1.165) is 6.26 Å². The number of carboxylic acids is 1. The van der Waals surface area contributed by atoms with E-state index in [0.29, 0.717) is 0 Å². The van der Waals surface area contributed by atoms with Crippen molar-refractivity contribution >= 4 is 15.8 Å². The summed E-state index contributed by atoms with van der Waals surface area (Å²) in [6.45, 7) is 0. The van der Waals surface area contributed by atoms with Crippen LogP contribution in [0.1, 0.15) is 11.6 Å². The van der Waals surface area contributed by atoms with Gasteiger partial charge < -0.3 is 20.3 Å². The van der Waals surface area contributed by atoms with Crippen LogP contribution in [0.2, 0.25) is 0 Å². The van der Waals surface area contributed by atoms with Gasteiger partial charge in [-0.15, -0.1) is 0 Å². The third-order valence-electron chi connectivity index (χ3n) is 2.52. The molecular formula is C11H15NO6S. The van der Waals surface area contributed by atoms with Gasteiger partial charge >= 0.3 is 5.97 Å². The quantitative estimate of drug-likeness (QED) is 0.794. The number of benzene rings is 1. The maximum Gasteiger partial charge on any atom is 0.325 e. The number of nitrogens with two attached hydrogens (primary N) is 1. The molecule has 0 bridgehead atoms. The Morgan fingerprint density at radius 2 is 1.79 bits per heavy atom. The second-order valence-corrected chi connectivity index (χ2v) is 5.79. The molecule has 0 radical (unpaired) electrons. The Balaban J connectivity index is 3.61. The van der Waals surface area contributed by atoms with Crippen LogP contribution in [0.25, 0.3) is 0 Å². The van der Waals surface area contributed by atoms with Crippen LogP contribution in [0.3, 0.4) is 0 Å². The zero-order chi connectivity index (χ0) is 14.8. The van der Waals surface area contributed by atoms with E-state index in [4.69, 9.17) is 20.3 Å². The Morgan fingerprint density at radius 1 is 1.26 bits per heavy atom. The number of carboxylic acid groups (broad SMARTS) is 1. The number of rotatable bonds is 5. The Bertz CT molecular complexity index is 595. The molecule has 0 aliphatic rings. The minimum Gasteiger partial charge on any atom is -0.492 e. The second kappa shape index (κ2) is 5.45. The SMILES string of the molecule is COc1c(C(N)C(=O)O)ccc(S(C)(=O)=O)c1OC. The standard InChI is InChI=1S/C11H15NO6S/c1-17-9-6(8(12)11(13)14)4-5-7(10(9)18-2)19(3,15)16/h4-5,8H,12H2,1-3H3,(H,13,14). The van der Waals surface area contributed by atoms with Crippen molar-refractivity contribution < 1.29 is 27.8 Å². The van der Waals surface area contributed by atoms with E-state index in [1.54, 1.807) is 0 Å². The van der Waals surface area contributed by atoms with Crippen LogP contribution in [0.15, 0.2) is 17.0 Å². The van der Waals surface area contributed by atoms with E-state index < -0.39 is 21.8 Å². The maximum atomic E-state index is 11.6. The van der Waals surface area contributed by atoms with Gasteiger partial charge in [-0.25, -0.2) is 8.42 Å². The lowest BCUT2D eigenvalue weighted by molar-refractivity contribution is -0.138. The van der Waals surface area contributed by atoms with Gasteiger partial charge in [-0.3, -0.25) is 4.79 Å². The number of hydrogen-bond acceptors (Lipinski definition) is 6. The van der Waals surface area contributed by atoms with Gasteiger partial charge in [0.05, 0.1) is 14.2 Å². The second-order valence-electron chi connectivity index (χ2n) is 3.81. The van der Waals surface area contributed by atoms with Crippen LogP contribution in [0.4, 0.5) is 0 Å². The van der Waals surface area contributed by atoms with Crippen LogP contribution in [-0.2, 0) is 14.6 Å². The lowest BCUT2D eigenvalue weighted by Gasteiger charge is -2.17. The molecule has 1 atom stereocenters. The number of hydrogen-bond donors (Lipinski definition) is 2. The summed E-state index contributed by atoms with van der Waals surface area (Å²) in [5, 5.41) is 8.91. The van der Waals surface area contributed by atoms with E-state index >= 15 is 0 Å². The minimum absolute atomic E-state index is 0.000301. The summed E-state index contributed by atoms with van der Waals surface area (Å²) in [6.07, 6.45) is 1.01. The molecule has 0 aromatic heterocycles. The van der Waals surface area contributed by atoms with Gasteiger partial charge in [0.25, 0.3) is 0 Å². The van der Waals surface area contributed by atoms with Crippen LogP contribution >= 0.6 is 0 Å². The third-order valence-corrected chi connectivity index (χ3v) is 3.64. The first-order valence-corrected chi connectivity index (χ1v) is 7.06. The Kier molecular flexibility index (Phi) is 4.38. The molecule has 106 valence electrons. The molecule has 8 heteroatoms. The highest BCUT2D eigenvalue weighted by molar-refractivity contribution is 7.90. The minimum atomic E-state index is -3.53. The zero-order valence-electron chi connectivity index (χ0n) is 10.7. The fourth-order valence-corrected chi connectivity index (χ4v) is 2.46. The van der Waals surface area contributed by atoms with Crippen LogP contribution in [0, 0.1) is 0 Å². The molecule has 7 nitrogen and oxygen atoms in total. The molecule has 0 saturated carbocycles. The number of aliphatic carboxylic acids is 1. The van der Waals surface area contributed by atoms with Crippen molar-refractivity contribution in [3.63, 3.8) is 0 Å². The summed E-state index contributed by atoms with van der Waals surface area (Å²) in [4.78, 5) is 10.8. The van der Waals surface area contributed by atoms with E-state index in [1.807, 2.05) is 0 Å². The Hall–Kier alpha value is -1.80. The number of sulfone groups is 1. The van der Waals surface area contributed by atoms with E-state index in [9.17, 15) is 13.2 Å². The lowest BCUT2D eigenvalue weighted by Crippen LogP contribution is -2.21. The molecule has 1 rings (SSSR count). The normalized spacial score (nSPS) is 12.8. The van der Waals surface area contributed by atoms with Crippen molar-refractivity contribution in [2.75, 3.05) is 20.5 Å². The molecule has 1 unspecified atom stereocenters. The highest BCUT2D eigenvalue weighted by Crippen LogP contribution is 2.39. The monoisotopic (exact) mass is 289 g/mol. The first-order valence-electron chi connectivity index (χ1n) is 5.17. The van der Waals surface area contributed by atoms with E-state index in [2.05, 4.69) is 0 Å². The molecule has 0 saturated heterocycles. The average molecular weight is 289 g/mol. The van der Waals surface area contributed by atoms with E-state index in [1.165, 1.54) is 26.4 Å². The molecular weight excluding hydrogens is 274 g/mol. The first-order chi connectivity index (χ1) is 8.73. The average Bonchev–Trinajstić information content (AvgIpc) is 2.34. The molecule has 3 N–H and O–H groups in total. The number of ether oxygens (including phenoxy) is 2. The van der Waals surface area contributed by atoms with Gasteiger partial charge in [0.2, 0.25) is 0 Å². The van der Waals surface area contributed by atoms with Gasteiger partial charge in [0.15, 0.2) is 21.3 Å². The van der Waals surface area contributed by atoms with Crippen LogP contribution in [0.5, 0.6) is 11.5 Å². The van der Waals surface area contributed by atoms with Gasteiger partial charge in [-0.05, 0) is 6.07 Å². The highest BCUT2D eigenvalue weighted by atomic mass is 32.2. The molecule has 0 heterocycles. The fraction of sp³-hybridized carbons (Fsp3) is 0.364. The molecule has 0 spiro atoms. The van der Waals surface area contributed by atoms with E-state index in [-0.39, 0.29) is 22.0 Å². The van der Waals surface area contributed by atoms with Crippen LogP contribution < -0.4 is 15.2 Å². The summed E-state index contributed by atoms with van der Waals surface area (Å²) in [6, 6.07) is 1.21. The number of methoxy groups -OCH3 is 2. The van der Waals surface area contributed by atoms with Crippen molar-refractivity contribution in [2.45, 2.75) is 10.9 Å². The fourth-order valence-electron chi connectivity index (χ4n) is 1.63. The van der Waals surface area contributed by atoms with Crippen molar-refractivity contribution in [2.24, 2.45) is 5.73 Å². The Labute approximate surface area is 110 Å². The summed E-state index contributed by atoms with van der Waals surface area (Å²) < 4.78 is 33.3. The molecule has 0 aliphatic carbocycles. The largest absolute Gasteiger partial charge is 0.492 e. The Morgan fingerprint density at radius 3 is 2.16 bits per heavy atom. The van der Waals surface area contributed by atoms with Crippen molar-refractivity contribution in [1.82, 2.24) is 0 Å². The predicted molar refractivity (Wildman–Crippen MR) is 67.2 cm³/mol. The zero-order valence-corrected chi connectivity index (χ0v) is 11.5. The molecule has 0 amide bonds. The van der Waals surface area contributed by atoms with Gasteiger partial charge in [-0.2, -0.15) is 0 Å². The molecule has 0 aliphatic heterocycles. The summed E-state index contributed by atoms with van der Waals surface area (Å²) >= 11 is 0. The summed E-state index contributed by atoms with van der Waals surface area (Å²) in [5.74, 6) is -1.31. The summed E-state index contributed by atoms with van der Waals surface area (Å²) in [5.41, 5.74) is 5.65. The van der Waals surface area contributed by atoms with Gasteiger partial charge in [0.1, 0.15) is 10.9 Å². The molecule has 1 aromatic carbocycles. The predicted octanol–water partition coefficient (Wildman–Crippen LogP) is 0.192. The summed E-state index contributed by atoms with van der Waals surface area (Å²) in [7, 11) is -0.988. The van der Waals surface area contributed by atoms with Gasteiger partial charge in [-0.1, -0.05) is 6.07 Å². The first kappa shape index (κ1) is 15.3. The third kappa shape index (κ3) is 2.96. The van der Waals surface area contributed by atoms with Crippen molar-refractivity contribution in [1.29, 1.82) is 0 Å². The number of carbonyl (C=O) groups is 1. The van der Waals surface area contributed by atoms with Crippen molar-refractivity contribution in [3.8, 4) is 11.5 Å². The molecule has 19 heavy (non-hydrogen) atoms. The molecule has 1 aromatic rings. The smallest absolute Gasteiger partial charge is 0.325 e. The van der Waals surface area contributed by atoms with Crippen LogP contribution in [-0.4, -0.2) is 40.0 Å². The molecule has 0 fully saturated rings. The van der Waals surface area contributed by atoms with Crippen molar-refractivity contribution in [3.05, 3.63) is 17.7 Å². The highest BCUT2D eigenvalue weighted by Gasteiger charge is 2.26. The van der Waals surface area contributed by atoms with Gasteiger partial charge in [0, 0.05) is 11.8 Å². The maximum absolute atomic E-state index is 11.6. The topological polar surface area (TPSA) is 116 Å².